The Bertz CT molecular complexity index is 1140. The van der Waals surface area contributed by atoms with Crippen molar-refractivity contribution in [3.05, 3.63) is 78.1 Å². The minimum atomic E-state index is -0.0893. The average molecular weight is 371 g/mol. The zero-order valence-electron chi connectivity index (χ0n) is 15.7. The highest BCUT2D eigenvalue weighted by Crippen LogP contribution is 2.23. The van der Waals surface area contributed by atoms with Crippen LogP contribution in [0, 0.1) is 6.92 Å². The number of pyridine rings is 2. The molecule has 0 aliphatic carbocycles. The van der Waals surface area contributed by atoms with Gasteiger partial charge in [0.15, 0.2) is 0 Å². The van der Waals surface area contributed by atoms with Gasteiger partial charge in [0.05, 0.1) is 17.7 Å². The quantitative estimate of drug-likeness (QED) is 0.514. The fraction of sp³-hybridized carbons (Fsp3) is 0.174. The van der Waals surface area contributed by atoms with Gasteiger partial charge in [-0.1, -0.05) is 36.4 Å². The van der Waals surface area contributed by atoms with Crippen LogP contribution in [0.3, 0.4) is 0 Å². The van der Waals surface area contributed by atoms with Gasteiger partial charge in [-0.05, 0) is 37.6 Å². The molecule has 2 aromatic carbocycles. The van der Waals surface area contributed by atoms with Gasteiger partial charge in [0.1, 0.15) is 11.3 Å². The van der Waals surface area contributed by atoms with E-state index >= 15 is 0 Å². The number of ether oxygens (including phenoxy) is 1. The molecule has 0 atom stereocenters. The van der Waals surface area contributed by atoms with Gasteiger partial charge in [-0.15, -0.1) is 0 Å². The second kappa shape index (κ2) is 8.05. The number of hydrogen-bond acceptors (Lipinski definition) is 4. The Kier molecular flexibility index (Phi) is 5.15. The number of aromatic nitrogens is 2. The van der Waals surface area contributed by atoms with Crippen molar-refractivity contribution in [3.8, 4) is 5.75 Å². The van der Waals surface area contributed by atoms with Gasteiger partial charge in [-0.2, -0.15) is 0 Å². The van der Waals surface area contributed by atoms with Crippen molar-refractivity contribution >= 4 is 27.7 Å². The summed E-state index contributed by atoms with van der Waals surface area (Å²) in [6.45, 7) is 2.94. The van der Waals surface area contributed by atoms with Crippen LogP contribution >= 0.6 is 0 Å². The SMILES string of the molecule is Cc1cc(C(=O)NCCCOc2cccc3cccnc23)c2ccccc2n1. The molecule has 2 heterocycles. The van der Waals surface area contributed by atoms with Gasteiger partial charge in [0, 0.05) is 29.2 Å². The van der Waals surface area contributed by atoms with E-state index in [0.717, 1.165) is 33.2 Å². The van der Waals surface area contributed by atoms with Crippen LogP contribution in [0.15, 0.2) is 66.9 Å². The van der Waals surface area contributed by atoms with Crippen LogP contribution in [0.1, 0.15) is 22.5 Å². The number of amides is 1. The molecule has 0 saturated heterocycles. The van der Waals surface area contributed by atoms with E-state index in [4.69, 9.17) is 4.74 Å². The number of benzene rings is 2. The van der Waals surface area contributed by atoms with Crippen LogP contribution in [-0.4, -0.2) is 29.0 Å². The standard InChI is InChI=1S/C23H21N3O2/c1-16-15-19(18-9-2-3-10-20(18)26-16)23(27)25-13-6-14-28-21-11-4-7-17-8-5-12-24-22(17)21/h2-5,7-12,15H,6,13-14H2,1H3,(H,25,27). The van der Waals surface area contributed by atoms with Crippen molar-refractivity contribution in [1.82, 2.24) is 15.3 Å². The van der Waals surface area contributed by atoms with Gasteiger partial charge in [-0.3, -0.25) is 14.8 Å². The normalized spacial score (nSPS) is 10.9. The Labute approximate surface area is 163 Å². The highest BCUT2D eigenvalue weighted by Gasteiger charge is 2.11. The Morgan fingerprint density at radius 2 is 1.93 bits per heavy atom. The summed E-state index contributed by atoms with van der Waals surface area (Å²) in [5.74, 6) is 0.675. The highest BCUT2D eigenvalue weighted by atomic mass is 16.5. The molecular weight excluding hydrogens is 350 g/mol. The summed E-state index contributed by atoms with van der Waals surface area (Å²) in [5.41, 5.74) is 3.17. The number of carbonyl (C=O) groups excluding carboxylic acids is 1. The molecule has 0 fully saturated rings. The van der Waals surface area contributed by atoms with Gasteiger partial charge < -0.3 is 10.1 Å². The fourth-order valence-corrected chi connectivity index (χ4v) is 3.24. The van der Waals surface area contributed by atoms with E-state index in [9.17, 15) is 4.79 Å². The first-order chi connectivity index (χ1) is 13.7. The molecule has 0 saturated carbocycles. The second-order valence-corrected chi connectivity index (χ2v) is 6.62. The van der Waals surface area contributed by atoms with E-state index in [1.54, 1.807) is 6.20 Å². The summed E-state index contributed by atoms with van der Waals surface area (Å²) < 4.78 is 5.87. The molecule has 28 heavy (non-hydrogen) atoms. The molecule has 1 amide bonds. The van der Waals surface area contributed by atoms with Crippen molar-refractivity contribution in [3.63, 3.8) is 0 Å². The summed E-state index contributed by atoms with van der Waals surface area (Å²) in [6.07, 6.45) is 2.47. The molecule has 1 N–H and O–H groups in total. The number of nitrogens with one attached hydrogen (secondary N) is 1. The first-order valence-corrected chi connectivity index (χ1v) is 9.33. The lowest BCUT2D eigenvalue weighted by Crippen LogP contribution is -2.26. The van der Waals surface area contributed by atoms with Crippen LogP contribution in [-0.2, 0) is 0 Å². The topological polar surface area (TPSA) is 64.1 Å². The summed E-state index contributed by atoms with van der Waals surface area (Å²) >= 11 is 0. The van der Waals surface area contributed by atoms with Crippen LogP contribution in [0.25, 0.3) is 21.8 Å². The van der Waals surface area contributed by atoms with Gasteiger partial charge in [0.2, 0.25) is 0 Å². The fourth-order valence-electron chi connectivity index (χ4n) is 3.24. The number of rotatable bonds is 6. The van der Waals surface area contributed by atoms with E-state index in [2.05, 4.69) is 15.3 Å². The van der Waals surface area contributed by atoms with Crippen LogP contribution in [0.4, 0.5) is 0 Å². The van der Waals surface area contributed by atoms with Crippen molar-refractivity contribution in [2.45, 2.75) is 13.3 Å². The maximum absolute atomic E-state index is 12.6. The van der Waals surface area contributed by atoms with E-state index < -0.39 is 0 Å². The maximum Gasteiger partial charge on any atom is 0.252 e. The van der Waals surface area contributed by atoms with E-state index in [1.807, 2.05) is 67.6 Å². The smallest absolute Gasteiger partial charge is 0.252 e. The minimum Gasteiger partial charge on any atom is -0.491 e. The molecular formula is C23H21N3O2. The van der Waals surface area contributed by atoms with E-state index in [-0.39, 0.29) is 5.91 Å². The molecule has 0 bridgehead atoms. The number of hydrogen-bond donors (Lipinski definition) is 1. The number of carbonyl (C=O) groups is 1. The third-order valence-corrected chi connectivity index (χ3v) is 4.55. The first kappa shape index (κ1) is 17.9. The molecule has 0 unspecified atom stereocenters. The molecule has 0 spiro atoms. The predicted octanol–water partition coefficient (Wildman–Crippen LogP) is 4.29. The number of nitrogens with zero attached hydrogens (tertiary/aromatic N) is 2. The molecule has 5 nitrogen and oxygen atoms in total. The Morgan fingerprint density at radius 3 is 2.86 bits per heavy atom. The zero-order chi connectivity index (χ0) is 19.3. The van der Waals surface area contributed by atoms with Gasteiger partial charge in [-0.25, -0.2) is 0 Å². The number of fused-ring (bicyclic) bond motifs is 2. The van der Waals surface area contributed by atoms with E-state index in [1.165, 1.54) is 0 Å². The molecule has 140 valence electrons. The number of aryl methyl sites for hydroxylation is 1. The molecule has 0 radical (unpaired) electrons. The largest absolute Gasteiger partial charge is 0.491 e. The summed E-state index contributed by atoms with van der Waals surface area (Å²) in [6, 6.07) is 19.3. The Morgan fingerprint density at radius 1 is 1.07 bits per heavy atom. The lowest BCUT2D eigenvalue weighted by molar-refractivity contribution is 0.0953. The maximum atomic E-state index is 12.6. The molecule has 4 aromatic rings. The summed E-state index contributed by atoms with van der Waals surface area (Å²) in [4.78, 5) is 21.5. The van der Waals surface area contributed by atoms with Crippen LogP contribution in [0.5, 0.6) is 5.75 Å². The Balaban J connectivity index is 1.35. The lowest BCUT2D eigenvalue weighted by Gasteiger charge is -2.10. The van der Waals surface area contributed by atoms with Gasteiger partial charge >= 0.3 is 0 Å². The number of para-hydroxylation sites is 2. The molecule has 4 rings (SSSR count). The summed E-state index contributed by atoms with van der Waals surface area (Å²) in [7, 11) is 0. The third kappa shape index (κ3) is 3.78. The summed E-state index contributed by atoms with van der Waals surface area (Å²) in [5, 5.41) is 4.89. The van der Waals surface area contributed by atoms with Crippen molar-refractivity contribution < 1.29 is 9.53 Å². The Hall–Kier alpha value is -3.47. The zero-order valence-corrected chi connectivity index (χ0v) is 15.7. The predicted molar refractivity (Wildman–Crippen MR) is 111 cm³/mol. The molecule has 0 aliphatic rings. The molecule has 5 heteroatoms. The van der Waals surface area contributed by atoms with Crippen molar-refractivity contribution in [2.24, 2.45) is 0 Å². The average Bonchev–Trinajstić information content (AvgIpc) is 2.72. The minimum absolute atomic E-state index is 0.0893. The second-order valence-electron chi connectivity index (χ2n) is 6.62. The van der Waals surface area contributed by atoms with Gasteiger partial charge in [0.25, 0.3) is 5.91 Å². The third-order valence-electron chi connectivity index (χ3n) is 4.55. The van der Waals surface area contributed by atoms with E-state index in [0.29, 0.717) is 25.1 Å². The first-order valence-electron chi connectivity index (χ1n) is 9.33. The van der Waals surface area contributed by atoms with Crippen molar-refractivity contribution in [1.29, 1.82) is 0 Å². The van der Waals surface area contributed by atoms with Crippen LogP contribution in [0.2, 0.25) is 0 Å². The monoisotopic (exact) mass is 371 g/mol. The lowest BCUT2D eigenvalue weighted by atomic mass is 10.1. The molecule has 0 aliphatic heterocycles. The van der Waals surface area contributed by atoms with Crippen LogP contribution < -0.4 is 10.1 Å². The van der Waals surface area contributed by atoms with Crippen molar-refractivity contribution in [2.75, 3.05) is 13.2 Å². The highest BCUT2D eigenvalue weighted by molar-refractivity contribution is 6.06. The molecule has 2 aromatic heterocycles.